The summed E-state index contributed by atoms with van der Waals surface area (Å²) >= 11 is 0. The molecule has 0 radical (unpaired) electrons. The SMILES string of the molecule is CCCCC(CO)OCCN. The van der Waals surface area contributed by atoms with E-state index >= 15 is 0 Å². The molecule has 0 amide bonds. The number of aliphatic hydroxyl groups excluding tert-OH is 1. The third kappa shape index (κ3) is 6.28. The molecule has 0 rings (SSSR count). The summed E-state index contributed by atoms with van der Waals surface area (Å²) in [7, 11) is 0. The van der Waals surface area contributed by atoms with Crippen molar-refractivity contribution in [3.05, 3.63) is 0 Å². The number of ether oxygens (including phenoxy) is 1. The van der Waals surface area contributed by atoms with Crippen molar-refractivity contribution in [2.24, 2.45) is 5.73 Å². The molecule has 0 aliphatic heterocycles. The van der Waals surface area contributed by atoms with Crippen molar-refractivity contribution < 1.29 is 9.84 Å². The number of rotatable bonds is 7. The van der Waals surface area contributed by atoms with Gasteiger partial charge in [0.1, 0.15) is 0 Å². The maximum atomic E-state index is 8.81. The Morgan fingerprint density at radius 3 is 2.73 bits per heavy atom. The van der Waals surface area contributed by atoms with Crippen LogP contribution in [0.4, 0.5) is 0 Å². The Labute approximate surface area is 68.5 Å². The topological polar surface area (TPSA) is 55.5 Å². The van der Waals surface area contributed by atoms with Gasteiger partial charge in [-0.05, 0) is 6.42 Å². The summed E-state index contributed by atoms with van der Waals surface area (Å²) in [5.41, 5.74) is 5.25. The molecule has 0 bridgehead atoms. The maximum Gasteiger partial charge on any atom is 0.0806 e. The quantitative estimate of drug-likeness (QED) is 0.572. The van der Waals surface area contributed by atoms with Gasteiger partial charge in [0.05, 0.1) is 19.3 Å². The van der Waals surface area contributed by atoms with Crippen molar-refractivity contribution in [3.8, 4) is 0 Å². The fourth-order valence-corrected chi connectivity index (χ4v) is 0.894. The van der Waals surface area contributed by atoms with Gasteiger partial charge in [-0.1, -0.05) is 19.8 Å². The van der Waals surface area contributed by atoms with Crippen molar-refractivity contribution in [1.29, 1.82) is 0 Å². The fraction of sp³-hybridized carbons (Fsp3) is 1.00. The van der Waals surface area contributed by atoms with Gasteiger partial charge in [0, 0.05) is 6.54 Å². The number of hydrogen-bond acceptors (Lipinski definition) is 3. The van der Waals surface area contributed by atoms with Crippen LogP contribution in [0.15, 0.2) is 0 Å². The van der Waals surface area contributed by atoms with Gasteiger partial charge in [-0.15, -0.1) is 0 Å². The fourth-order valence-electron chi connectivity index (χ4n) is 0.894. The number of nitrogens with two attached hydrogens (primary N) is 1. The van der Waals surface area contributed by atoms with Crippen LogP contribution in [0, 0.1) is 0 Å². The van der Waals surface area contributed by atoms with E-state index in [9.17, 15) is 0 Å². The Morgan fingerprint density at radius 1 is 1.55 bits per heavy atom. The molecule has 0 aromatic carbocycles. The number of aliphatic hydroxyl groups is 1. The average Bonchev–Trinajstić information content (AvgIpc) is 2.05. The van der Waals surface area contributed by atoms with Crippen LogP contribution in [-0.2, 0) is 4.74 Å². The molecule has 0 aromatic rings. The second kappa shape index (κ2) is 7.98. The molecular formula is C8H19NO2. The van der Waals surface area contributed by atoms with Crippen LogP contribution in [-0.4, -0.2) is 31.0 Å². The van der Waals surface area contributed by atoms with Crippen LogP contribution in [0.1, 0.15) is 26.2 Å². The van der Waals surface area contributed by atoms with E-state index in [1.165, 1.54) is 0 Å². The lowest BCUT2D eigenvalue weighted by atomic mass is 10.2. The molecule has 0 saturated heterocycles. The van der Waals surface area contributed by atoms with Gasteiger partial charge >= 0.3 is 0 Å². The molecule has 0 aliphatic rings. The lowest BCUT2D eigenvalue weighted by Gasteiger charge is -2.13. The van der Waals surface area contributed by atoms with E-state index in [0.717, 1.165) is 19.3 Å². The van der Waals surface area contributed by atoms with Crippen LogP contribution in [0.3, 0.4) is 0 Å². The molecule has 11 heavy (non-hydrogen) atoms. The van der Waals surface area contributed by atoms with Crippen molar-refractivity contribution in [2.45, 2.75) is 32.3 Å². The highest BCUT2D eigenvalue weighted by molar-refractivity contribution is 4.55. The summed E-state index contributed by atoms with van der Waals surface area (Å²) < 4.78 is 5.27. The molecule has 0 heterocycles. The van der Waals surface area contributed by atoms with Crippen LogP contribution in [0.25, 0.3) is 0 Å². The van der Waals surface area contributed by atoms with E-state index < -0.39 is 0 Å². The second-order valence-corrected chi connectivity index (χ2v) is 2.61. The highest BCUT2D eigenvalue weighted by atomic mass is 16.5. The Hall–Kier alpha value is -0.120. The van der Waals surface area contributed by atoms with Gasteiger partial charge in [-0.25, -0.2) is 0 Å². The Bertz CT molecular complexity index is 70.5. The normalized spacial score (nSPS) is 13.4. The lowest BCUT2D eigenvalue weighted by molar-refractivity contribution is 0.0110. The van der Waals surface area contributed by atoms with Crippen molar-refractivity contribution >= 4 is 0 Å². The zero-order chi connectivity index (χ0) is 8.53. The zero-order valence-electron chi connectivity index (χ0n) is 7.25. The Morgan fingerprint density at radius 2 is 2.27 bits per heavy atom. The van der Waals surface area contributed by atoms with Crippen molar-refractivity contribution in [2.75, 3.05) is 19.8 Å². The third-order valence-electron chi connectivity index (χ3n) is 1.55. The van der Waals surface area contributed by atoms with Crippen molar-refractivity contribution in [3.63, 3.8) is 0 Å². The molecule has 3 heteroatoms. The molecule has 0 saturated carbocycles. The first kappa shape index (κ1) is 10.9. The minimum Gasteiger partial charge on any atom is -0.394 e. The molecular weight excluding hydrogens is 142 g/mol. The summed E-state index contributed by atoms with van der Waals surface area (Å²) in [5.74, 6) is 0. The van der Waals surface area contributed by atoms with Gasteiger partial charge in [0.15, 0.2) is 0 Å². The first-order valence-electron chi connectivity index (χ1n) is 4.27. The largest absolute Gasteiger partial charge is 0.394 e. The molecule has 3 N–H and O–H groups in total. The molecule has 0 fully saturated rings. The molecule has 1 unspecified atom stereocenters. The molecule has 0 aromatic heterocycles. The second-order valence-electron chi connectivity index (χ2n) is 2.61. The first-order valence-corrected chi connectivity index (χ1v) is 4.27. The van der Waals surface area contributed by atoms with Crippen LogP contribution >= 0.6 is 0 Å². The molecule has 0 spiro atoms. The Kier molecular flexibility index (Phi) is 7.89. The van der Waals surface area contributed by atoms with Gasteiger partial charge in [-0.2, -0.15) is 0 Å². The van der Waals surface area contributed by atoms with E-state index in [-0.39, 0.29) is 12.7 Å². The van der Waals surface area contributed by atoms with E-state index in [2.05, 4.69) is 6.92 Å². The molecule has 1 atom stereocenters. The minimum atomic E-state index is -0.00139. The maximum absolute atomic E-state index is 8.81. The lowest BCUT2D eigenvalue weighted by Crippen LogP contribution is -2.21. The minimum absolute atomic E-state index is 0.00139. The number of unbranched alkanes of at least 4 members (excludes halogenated alkanes) is 1. The molecule has 0 aliphatic carbocycles. The van der Waals surface area contributed by atoms with Crippen LogP contribution in [0.5, 0.6) is 0 Å². The summed E-state index contributed by atoms with van der Waals surface area (Å²) in [4.78, 5) is 0. The smallest absolute Gasteiger partial charge is 0.0806 e. The third-order valence-corrected chi connectivity index (χ3v) is 1.55. The van der Waals surface area contributed by atoms with Crippen molar-refractivity contribution in [1.82, 2.24) is 0 Å². The van der Waals surface area contributed by atoms with E-state index in [1.807, 2.05) is 0 Å². The van der Waals surface area contributed by atoms with E-state index in [0.29, 0.717) is 13.2 Å². The number of hydrogen-bond donors (Lipinski definition) is 2. The summed E-state index contributed by atoms with van der Waals surface area (Å²) in [6.07, 6.45) is 3.18. The van der Waals surface area contributed by atoms with Gasteiger partial charge < -0.3 is 15.6 Å². The van der Waals surface area contributed by atoms with Gasteiger partial charge in [0.2, 0.25) is 0 Å². The molecule has 68 valence electrons. The predicted octanol–water partition coefficient (Wildman–Crippen LogP) is 0.513. The predicted molar refractivity (Wildman–Crippen MR) is 45.4 cm³/mol. The zero-order valence-corrected chi connectivity index (χ0v) is 7.25. The highest BCUT2D eigenvalue weighted by Crippen LogP contribution is 2.03. The van der Waals surface area contributed by atoms with E-state index in [1.54, 1.807) is 0 Å². The first-order chi connectivity index (χ1) is 5.35. The summed E-state index contributed by atoms with van der Waals surface area (Å²) in [5, 5.41) is 8.81. The van der Waals surface area contributed by atoms with E-state index in [4.69, 9.17) is 15.6 Å². The highest BCUT2D eigenvalue weighted by Gasteiger charge is 2.05. The standard InChI is InChI=1S/C8H19NO2/c1-2-3-4-8(7-10)11-6-5-9/h8,10H,2-7,9H2,1H3. The molecule has 3 nitrogen and oxygen atoms in total. The van der Waals surface area contributed by atoms with Crippen LogP contribution < -0.4 is 5.73 Å². The monoisotopic (exact) mass is 161 g/mol. The van der Waals surface area contributed by atoms with Crippen LogP contribution in [0.2, 0.25) is 0 Å². The average molecular weight is 161 g/mol. The Balaban J connectivity index is 3.25. The summed E-state index contributed by atoms with van der Waals surface area (Å²) in [6, 6.07) is 0. The summed E-state index contributed by atoms with van der Waals surface area (Å²) in [6.45, 7) is 3.31. The van der Waals surface area contributed by atoms with Gasteiger partial charge in [-0.3, -0.25) is 0 Å². The van der Waals surface area contributed by atoms with Gasteiger partial charge in [0.25, 0.3) is 0 Å².